The molecule has 1 aromatic rings. The summed E-state index contributed by atoms with van der Waals surface area (Å²) in [4.78, 5) is 3.95. The van der Waals surface area contributed by atoms with E-state index in [0.717, 1.165) is 5.82 Å². The maximum atomic E-state index is 4.66. The molecule has 3 heteroatoms. The third-order valence-electron chi connectivity index (χ3n) is 0.976. The second kappa shape index (κ2) is 2.05. The molecular formula is C5H6N2S. The number of aryl methyl sites for hydroxylation is 1. The summed E-state index contributed by atoms with van der Waals surface area (Å²) in [5.41, 5.74) is 1.56. The number of hydrogen-bond acceptors (Lipinski definition) is 2. The Morgan fingerprint density at radius 3 is 2.88 bits per heavy atom. The maximum absolute atomic E-state index is 4.66. The fourth-order valence-electron chi connectivity index (χ4n) is 0.499. The van der Waals surface area contributed by atoms with E-state index in [1.165, 1.54) is 0 Å². The molecule has 0 fully saturated rings. The highest BCUT2D eigenvalue weighted by atomic mass is 32.1. The summed E-state index contributed by atoms with van der Waals surface area (Å²) in [7, 11) is 0. The SMILES string of the molecule is Cc1nccn1C=S. The van der Waals surface area contributed by atoms with Gasteiger partial charge < -0.3 is 4.57 Å². The number of imidazole rings is 1. The Morgan fingerprint density at radius 1 is 1.88 bits per heavy atom. The molecule has 0 unspecified atom stereocenters. The molecule has 42 valence electrons. The summed E-state index contributed by atoms with van der Waals surface area (Å²) in [5, 5.41) is 0. The molecule has 8 heavy (non-hydrogen) atoms. The van der Waals surface area contributed by atoms with E-state index in [1.54, 1.807) is 16.3 Å². The molecule has 0 spiro atoms. The van der Waals surface area contributed by atoms with Gasteiger partial charge in [0.2, 0.25) is 0 Å². The zero-order chi connectivity index (χ0) is 5.98. The average molecular weight is 126 g/mol. The lowest BCUT2D eigenvalue weighted by molar-refractivity contribution is 1.06. The predicted molar refractivity (Wildman–Crippen MR) is 36.0 cm³/mol. The monoisotopic (exact) mass is 126 g/mol. The van der Waals surface area contributed by atoms with E-state index >= 15 is 0 Å². The molecule has 0 aromatic carbocycles. The van der Waals surface area contributed by atoms with Crippen molar-refractivity contribution in [1.29, 1.82) is 0 Å². The minimum absolute atomic E-state index is 0.931. The van der Waals surface area contributed by atoms with Crippen LogP contribution in [-0.4, -0.2) is 15.0 Å². The third kappa shape index (κ3) is 0.767. The lowest BCUT2D eigenvalue weighted by atomic mass is 10.7. The van der Waals surface area contributed by atoms with E-state index in [-0.39, 0.29) is 0 Å². The fraction of sp³-hybridized carbons (Fsp3) is 0.200. The summed E-state index contributed by atoms with van der Waals surface area (Å²) in [6.45, 7) is 1.91. The van der Waals surface area contributed by atoms with Gasteiger partial charge in [-0.1, -0.05) is 12.2 Å². The molecule has 0 aliphatic carbocycles. The molecular weight excluding hydrogens is 120 g/mol. The largest absolute Gasteiger partial charge is 0.301 e. The van der Waals surface area contributed by atoms with Crippen LogP contribution in [-0.2, 0) is 0 Å². The van der Waals surface area contributed by atoms with E-state index in [9.17, 15) is 0 Å². The van der Waals surface area contributed by atoms with E-state index in [4.69, 9.17) is 0 Å². The first kappa shape index (κ1) is 5.44. The highest BCUT2D eigenvalue weighted by Crippen LogP contribution is 1.88. The van der Waals surface area contributed by atoms with Crippen molar-refractivity contribution in [2.24, 2.45) is 0 Å². The van der Waals surface area contributed by atoms with Crippen molar-refractivity contribution in [1.82, 2.24) is 9.55 Å². The van der Waals surface area contributed by atoms with Crippen molar-refractivity contribution in [3.05, 3.63) is 18.2 Å². The summed E-state index contributed by atoms with van der Waals surface area (Å²) in [5.74, 6) is 0.931. The van der Waals surface area contributed by atoms with Gasteiger partial charge in [0.15, 0.2) is 0 Å². The van der Waals surface area contributed by atoms with Crippen LogP contribution in [0.1, 0.15) is 5.82 Å². The van der Waals surface area contributed by atoms with Crippen LogP contribution in [0.3, 0.4) is 0 Å². The lowest BCUT2D eigenvalue weighted by Crippen LogP contribution is -1.92. The molecule has 1 heterocycles. The zero-order valence-corrected chi connectivity index (χ0v) is 5.35. The lowest BCUT2D eigenvalue weighted by Gasteiger charge is -1.88. The first-order chi connectivity index (χ1) is 3.84. The van der Waals surface area contributed by atoms with E-state index in [0.29, 0.717) is 0 Å². The Balaban J connectivity index is 3.09. The molecule has 0 bridgehead atoms. The van der Waals surface area contributed by atoms with Crippen LogP contribution in [0.25, 0.3) is 0 Å². The number of hydrogen-bond donors (Lipinski definition) is 0. The van der Waals surface area contributed by atoms with Gasteiger partial charge in [-0.2, -0.15) is 0 Å². The number of thiocarbonyl (C=S) groups is 1. The highest BCUT2D eigenvalue weighted by molar-refractivity contribution is 7.78. The molecule has 0 atom stereocenters. The normalized spacial score (nSPS) is 9.12. The summed E-state index contributed by atoms with van der Waals surface area (Å²) in [6.07, 6.45) is 3.54. The third-order valence-corrected chi connectivity index (χ3v) is 1.20. The minimum Gasteiger partial charge on any atom is -0.301 e. The molecule has 1 rings (SSSR count). The molecule has 0 aliphatic heterocycles. The molecule has 2 nitrogen and oxygen atoms in total. The van der Waals surface area contributed by atoms with Crippen LogP contribution >= 0.6 is 12.2 Å². The Labute approximate surface area is 53.2 Å². The van der Waals surface area contributed by atoms with Crippen molar-refractivity contribution in [3.8, 4) is 0 Å². The first-order valence-corrected chi connectivity index (χ1v) is 2.76. The maximum Gasteiger partial charge on any atom is 0.110 e. The number of aromatic nitrogens is 2. The van der Waals surface area contributed by atoms with Crippen molar-refractivity contribution in [2.75, 3.05) is 0 Å². The summed E-state index contributed by atoms with van der Waals surface area (Å²) in [6, 6.07) is 0. The minimum atomic E-state index is 0.931. The van der Waals surface area contributed by atoms with Gasteiger partial charge in [0.25, 0.3) is 0 Å². The fourth-order valence-corrected chi connectivity index (χ4v) is 0.722. The van der Waals surface area contributed by atoms with Crippen LogP contribution in [0.15, 0.2) is 12.4 Å². The van der Waals surface area contributed by atoms with Crippen molar-refractivity contribution < 1.29 is 0 Å². The van der Waals surface area contributed by atoms with Crippen molar-refractivity contribution in [3.63, 3.8) is 0 Å². The Morgan fingerprint density at radius 2 is 2.62 bits per heavy atom. The molecule has 0 amide bonds. The second-order valence-corrected chi connectivity index (χ2v) is 1.70. The first-order valence-electron chi connectivity index (χ1n) is 2.29. The summed E-state index contributed by atoms with van der Waals surface area (Å²) < 4.78 is 1.79. The van der Waals surface area contributed by atoms with Crippen LogP contribution in [0.5, 0.6) is 0 Å². The van der Waals surface area contributed by atoms with Gasteiger partial charge in [-0.25, -0.2) is 4.98 Å². The molecule has 0 N–H and O–H groups in total. The Bertz CT molecular complexity index is 192. The van der Waals surface area contributed by atoms with Crippen LogP contribution in [0.4, 0.5) is 0 Å². The standard InChI is InChI=1S/C5H6N2S/c1-5-6-2-3-7(5)4-8/h2-4H,1H3. The highest BCUT2D eigenvalue weighted by Gasteiger charge is 1.87. The zero-order valence-electron chi connectivity index (χ0n) is 4.53. The second-order valence-electron chi connectivity index (χ2n) is 1.49. The average Bonchev–Trinajstić information content (AvgIpc) is 2.14. The van der Waals surface area contributed by atoms with Gasteiger partial charge >= 0.3 is 0 Å². The molecule has 0 saturated heterocycles. The van der Waals surface area contributed by atoms with Gasteiger partial charge in [-0.15, -0.1) is 0 Å². The van der Waals surface area contributed by atoms with E-state index in [1.807, 2.05) is 13.1 Å². The van der Waals surface area contributed by atoms with Crippen LogP contribution in [0.2, 0.25) is 0 Å². The molecule has 1 aromatic heterocycles. The molecule has 0 radical (unpaired) electrons. The Hall–Kier alpha value is -0.700. The van der Waals surface area contributed by atoms with Gasteiger partial charge in [0, 0.05) is 12.4 Å². The van der Waals surface area contributed by atoms with Crippen molar-refractivity contribution in [2.45, 2.75) is 6.92 Å². The van der Waals surface area contributed by atoms with Gasteiger partial charge in [0.05, 0.1) is 5.49 Å². The number of rotatable bonds is 1. The number of nitrogens with zero attached hydrogens (tertiary/aromatic N) is 2. The topological polar surface area (TPSA) is 17.8 Å². The molecule has 0 saturated carbocycles. The van der Waals surface area contributed by atoms with Crippen LogP contribution in [0, 0.1) is 6.92 Å². The predicted octanol–water partition coefficient (Wildman–Crippen LogP) is 0.997. The van der Waals surface area contributed by atoms with E-state index < -0.39 is 0 Å². The van der Waals surface area contributed by atoms with Gasteiger partial charge in [-0.05, 0) is 6.92 Å². The Kier molecular flexibility index (Phi) is 1.39. The van der Waals surface area contributed by atoms with E-state index in [2.05, 4.69) is 17.2 Å². The van der Waals surface area contributed by atoms with Crippen molar-refractivity contribution >= 4 is 17.7 Å². The van der Waals surface area contributed by atoms with Gasteiger partial charge in [0.1, 0.15) is 5.82 Å². The molecule has 0 aliphatic rings. The summed E-state index contributed by atoms with van der Waals surface area (Å²) >= 11 is 4.66. The smallest absolute Gasteiger partial charge is 0.110 e. The quantitative estimate of drug-likeness (QED) is 0.522. The van der Waals surface area contributed by atoms with Crippen LogP contribution < -0.4 is 0 Å². The van der Waals surface area contributed by atoms with Gasteiger partial charge in [-0.3, -0.25) is 0 Å².